The molecule has 1 aliphatic rings. The number of hydrogen-bond donors (Lipinski definition) is 1. The second-order valence-electron chi connectivity index (χ2n) is 8.04. The van der Waals surface area contributed by atoms with E-state index >= 15 is 0 Å². The van der Waals surface area contributed by atoms with E-state index in [1.165, 1.54) is 0 Å². The van der Waals surface area contributed by atoms with Crippen molar-refractivity contribution < 1.29 is 9.59 Å². The van der Waals surface area contributed by atoms with Crippen LogP contribution in [-0.2, 0) is 9.59 Å². The quantitative estimate of drug-likeness (QED) is 0.571. The van der Waals surface area contributed by atoms with Crippen molar-refractivity contribution in [2.24, 2.45) is 0 Å². The normalized spacial score (nSPS) is 14.3. The van der Waals surface area contributed by atoms with Gasteiger partial charge in [-0.2, -0.15) is 5.10 Å². The van der Waals surface area contributed by atoms with Crippen molar-refractivity contribution in [1.82, 2.24) is 19.6 Å². The number of carbonyl (C=O) groups is 2. The Morgan fingerprint density at radius 2 is 1.73 bits per heavy atom. The molecule has 7 nitrogen and oxygen atoms in total. The lowest BCUT2D eigenvalue weighted by Gasteiger charge is -2.34. The van der Waals surface area contributed by atoms with Crippen molar-refractivity contribution >= 4 is 29.2 Å². The summed E-state index contributed by atoms with van der Waals surface area (Å²) >= 11 is 6.18. The second-order valence-corrected chi connectivity index (χ2v) is 8.47. The molecular formula is C25H28ClN5O2. The zero-order chi connectivity index (χ0) is 23.2. The Kier molecular flexibility index (Phi) is 7.42. The molecule has 1 aromatic heterocycles. The monoisotopic (exact) mass is 465 g/mol. The highest BCUT2D eigenvalue weighted by atomic mass is 35.5. The van der Waals surface area contributed by atoms with Gasteiger partial charge in [-0.05, 0) is 24.7 Å². The first-order valence-corrected chi connectivity index (χ1v) is 11.6. The fourth-order valence-electron chi connectivity index (χ4n) is 3.92. The highest BCUT2D eigenvalue weighted by molar-refractivity contribution is 6.30. The van der Waals surface area contributed by atoms with Gasteiger partial charge in [-0.15, -0.1) is 0 Å². The van der Waals surface area contributed by atoms with Gasteiger partial charge in [0.25, 0.3) is 0 Å². The summed E-state index contributed by atoms with van der Waals surface area (Å²) in [5, 5.41) is 8.20. The number of amides is 2. The average Bonchev–Trinajstić information content (AvgIpc) is 3.27. The lowest BCUT2D eigenvalue weighted by Crippen LogP contribution is -2.48. The van der Waals surface area contributed by atoms with Crippen LogP contribution in [0.3, 0.4) is 0 Å². The molecule has 172 valence electrons. The van der Waals surface area contributed by atoms with Crippen LogP contribution in [0.4, 0.5) is 5.82 Å². The van der Waals surface area contributed by atoms with Gasteiger partial charge >= 0.3 is 0 Å². The molecule has 0 aliphatic carbocycles. The van der Waals surface area contributed by atoms with Crippen LogP contribution < -0.4 is 5.32 Å². The summed E-state index contributed by atoms with van der Waals surface area (Å²) in [6.07, 6.45) is 0.309. The molecule has 0 saturated carbocycles. The first-order valence-electron chi connectivity index (χ1n) is 11.2. The molecule has 0 bridgehead atoms. The van der Waals surface area contributed by atoms with Gasteiger partial charge in [0.2, 0.25) is 11.8 Å². The van der Waals surface area contributed by atoms with Crippen molar-refractivity contribution in [2.75, 3.05) is 38.0 Å². The topological polar surface area (TPSA) is 70.5 Å². The molecule has 1 aliphatic heterocycles. The van der Waals surface area contributed by atoms with Crippen LogP contribution >= 0.6 is 11.6 Å². The third kappa shape index (κ3) is 5.80. The molecule has 1 saturated heterocycles. The maximum Gasteiger partial charge on any atom is 0.226 e. The highest BCUT2D eigenvalue weighted by Crippen LogP contribution is 2.26. The third-order valence-electron chi connectivity index (χ3n) is 5.84. The minimum Gasteiger partial charge on any atom is -0.340 e. The van der Waals surface area contributed by atoms with Crippen molar-refractivity contribution in [3.8, 4) is 16.9 Å². The van der Waals surface area contributed by atoms with Crippen LogP contribution in [0.2, 0.25) is 5.02 Å². The fourth-order valence-corrected chi connectivity index (χ4v) is 4.11. The zero-order valence-corrected chi connectivity index (χ0v) is 19.5. The van der Waals surface area contributed by atoms with Crippen molar-refractivity contribution in [3.63, 3.8) is 0 Å². The Balaban J connectivity index is 1.45. The molecule has 33 heavy (non-hydrogen) atoms. The number of nitrogens with zero attached hydrogens (tertiary/aromatic N) is 4. The Morgan fingerprint density at radius 3 is 2.42 bits per heavy atom. The number of halogens is 1. The van der Waals surface area contributed by atoms with Crippen molar-refractivity contribution in [3.05, 3.63) is 65.7 Å². The number of piperazine rings is 1. The van der Waals surface area contributed by atoms with E-state index in [0.717, 1.165) is 49.7 Å². The number of likely N-dealkylation sites (N-methyl/N-ethyl adjacent to an activating group) is 1. The van der Waals surface area contributed by atoms with Crippen molar-refractivity contribution in [1.29, 1.82) is 0 Å². The lowest BCUT2D eigenvalue weighted by molar-refractivity contribution is -0.134. The van der Waals surface area contributed by atoms with Crippen molar-refractivity contribution in [2.45, 2.75) is 19.8 Å². The molecule has 1 N–H and O–H groups in total. The lowest BCUT2D eigenvalue weighted by atomic mass is 10.1. The third-order valence-corrected chi connectivity index (χ3v) is 6.07. The standard InChI is InChI=1S/C25H28ClN5O2/c1-2-29-13-15-30(16-14-29)25(33)12-11-24(32)27-23-18-22(19-7-4-3-5-8-19)28-31(23)21-10-6-9-20(26)17-21/h3-10,17-18H,2,11-16H2,1H3,(H,27,32). The van der Waals surface area contributed by atoms with Crippen LogP contribution in [0.15, 0.2) is 60.7 Å². The molecule has 1 fully saturated rings. The number of anilines is 1. The van der Waals surface area contributed by atoms with E-state index in [-0.39, 0.29) is 24.7 Å². The number of hydrogen-bond acceptors (Lipinski definition) is 4. The van der Waals surface area contributed by atoms with Gasteiger partial charge in [-0.3, -0.25) is 9.59 Å². The number of benzene rings is 2. The molecule has 0 atom stereocenters. The summed E-state index contributed by atoms with van der Waals surface area (Å²) in [6, 6.07) is 18.9. The van der Waals surface area contributed by atoms with E-state index in [2.05, 4.69) is 17.1 Å². The maximum absolute atomic E-state index is 12.7. The highest BCUT2D eigenvalue weighted by Gasteiger charge is 2.21. The summed E-state index contributed by atoms with van der Waals surface area (Å²) in [7, 11) is 0. The Morgan fingerprint density at radius 1 is 0.970 bits per heavy atom. The predicted octanol–water partition coefficient (Wildman–Crippen LogP) is 4.08. The largest absolute Gasteiger partial charge is 0.340 e. The average molecular weight is 466 g/mol. The summed E-state index contributed by atoms with van der Waals surface area (Å²) in [5.74, 6) is 0.331. The molecule has 4 rings (SSSR count). The molecule has 2 heterocycles. The first kappa shape index (κ1) is 23.0. The number of rotatable bonds is 7. The van der Waals surface area contributed by atoms with Gasteiger partial charge < -0.3 is 15.1 Å². The first-order chi connectivity index (χ1) is 16.0. The van der Waals surface area contributed by atoms with Gasteiger partial charge in [-0.1, -0.05) is 54.9 Å². The van der Waals surface area contributed by atoms with E-state index < -0.39 is 0 Å². The maximum atomic E-state index is 12.7. The van der Waals surface area contributed by atoms with Gasteiger partial charge in [0, 0.05) is 55.7 Å². The molecular weight excluding hydrogens is 438 g/mol. The molecule has 2 amide bonds. The SMILES string of the molecule is CCN1CCN(C(=O)CCC(=O)Nc2cc(-c3ccccc3)nn2-c2cccc(Cl)c2)CC1. The van der Waals surface area contributed by atoms with Crippen LogP contribution in [-0.4, -0.2) is 64.1 Å². The molecule has 0 unspecified atom stereocenters. The Bertz CT molecular complexity index is 1110. The number of nitrogens with one attached hydrogen (secondary N) is 1. The van der Waals surface area contributed by atoms with E-state index in [4.69, 9.17) is 16.7 Å². The van der Waals surface area contributed by atoms with E-state index in [0.29, 0.717) is 10.8 Å². The molecule has 3 aromatic rings. The summed E-state index contributed by atoms with van der Waals surface area (Å²) in [4.78, 5) is 29.5. The van der Waals surface area contributed by atoms with Gasteiger partial charge in [-0.25, -0.2) is 4.68 Å². The van der Waals surface area contributed by atoms with Gasteiger partial charge in [0.1, 0.15) is 5.82 Å². The fraction of sp³-hybridized carbons (Fsp3) is 0.320. The van der Waals surface area contributed by atoms with E-state index in [9.17, 15) is 9.59 Å². The molecule has 2 aromatic carbocycles. The minimum absolute atomic E-state index is 0.0224. The summed E-state index contributed by atoms with van der Waals surface area (Å²) < 4.78 is 1.66. The Hall–Kier alpha value is -3.16. The van der Waals surface area contributed by atoms with Gasteiger partial charge in [0.15, 0.2) is 0 Å². The van der Waals surface area contributed by atoms with Crippen LogP contribution in [0.5, 0.6) is 0 Å². The zero-order valence-electron chi connectivity index (χ0n) is 18.7. The van der Waals surface area contributed by atoms with Crippen LogP contribution in [0, 0.1) is 0 Å². The summed E-state index contributed by atoms with van der Waals surface area (Å²) in [6.45, 7) is 6.33. The molecule has 0 spiro atoms. The Labute approximate surface area is 198 Å². The number of aromatic nitrogens is 2. The smallest absolute Gasteiger partial charge is 0.226 e. The van der Waals surface area contributed by atoms with E-state index in [1.807, 2.05) is 53.4 Å². The summed E-state index contributed by atoms with van der Waals surface area (Å²) in [5.41, 5.74) is 2.41. The van der Waals surface area contributed by atoms with Crippen LogP contribution in [0.25, 0.3) is 16.9 Å². The predicted molar refractivity (Wildman–Crippen MR) is 131 cm³/mol. The number of carbonyl (C=O) groups excluding carboxylic acids is 2. The second kappa shape index (κ2) is 10.6. The van der Waals surface area contributed by atoms with Crippen LogP contribution in [0.1, 0.15) is 19.8 Å². The minimum atomic E-state index is -0.224. The van der Waals surface area contributed by atoms with E-state index in [1.54, 1.807) is 16.8 Å². The molecule has 0 radical (unpaired) electrons. The molecule has 8 heteroatoms. The van der Waals surface area contributed by atoms with Gasteiger partial charge in [0.05, 0.1) is 11.4 Å².